The van der Waals surface area contributed by atoms with E-state index in [2.05, 4.69) is 53.7 Å². The summed E-state index contributed by atoms with van der Waals surface area (Å²) in [5.41, 5.74) is 4.10. The van der Waals surface area contributed by atoms with Crippen LogP contribution in [0.3, 0.4) is 0 Å². The van der Waals surface area contributed by atoms with Crippen molar-refractivity contribution in [2.75, 3.05) is 20.3 Å². The van der Waals surface area contributed by atoms with Crippen LogP contribution in [0, 0.1) is 0 Å². The van der Waals surface area contributed by atoms with Crippen LogP contribution in [0.1, 0.15) is 63.8 Å². The number of methoxy groups -OCH3 is 1. The lowest BCUT2D eigenvalue weighted by Crippen LogP contribution is -2.65. The molecule has 0 aliphatic carbocycles. The van der Waals surface area contributed by atoms with Crippen molar-refractivity contribution >= 4 is 8.56 Å². The summed E-state index contributed by atoms with van der Waals surface area (Å²) in [5, 5.41) is -0.487. The number of hydrogen-bond acceptors (Lipinski definition) is 10. The van der Waals surface area contributed by atoms with E-state index < -0.39 is 63.9 Å². The van der Waals surface area contributed by atoms with Crippen LogP contribution in [0.25, 0.3) is 0 Å². The highest BCUT2D eigenvalue weighted by atomic mass is 28.4. The minimum absolute atomic E-state index is 0.189. The van der Waals surface area contributed by atoms with Gasteiger partial charge in [-0.2, -0.15) is 0 Å². The topological polar surface area (TPSA) is 92.3 Å². The van der Waals surface area contributed by atoms with Crippen LogP contribution < -0.4 is 0 Å². The average molecular weight is 827 g/mol. The van der Waals surface area contributed by atoms with Gasteiger partial charge in [0.25, 0.3) is 0 Å². The van der Waals surface area contributed by atoms with E-state index in [4.69, 9.17) is 46.7 Å². The smallest absolute Gasteiger partial charge is 0.349 e. The van der Waals surface area contributed by atoms with Crippen LogP contribution in [0.15, 0.2) is 121 Å². The van der Waals surface area contributed by atoms with E-state index in [1.54, 1.807) is 7.11 Å². The molecule has 0 bridgehead atoms. The van der Waals surface area contributed by atoms with Crippen LogP contribution in [0.5, 0.6) is 0 Å². The van der Waals surface area contributed by atoms with Crippen LogP contribution in [0.4, 0.5) is 0 Å². The van der Waals surface area contributed by atoms with Gasteiger partial charge in [0, 0.05) is 17.2 Å². The molecule has 0 spiro atoms. The molecule has 9 atom stereocenters. The van der Waals surface area contributed by atoms with Gasteiger partial charge in [-0.05, 0) is 22.3 Å². The first-order chi connectivity index (χ1) is 28.5. The first-order valence-corrected chi connectivity index (χ1v) is 22.7. The highest BCUT2D eigenvalue weighted by Gasteiger charge is 2.66. The Kier molecular flexibility index (Phi) is 14.5. The fourth-order valence-corrected chi connectivity index (χ4v) is 13.6. The van der Waals surface area contributed by atoms with E-state index in [-0.39, 0.29) is 16.7 Å². The Labute approximate surface area is 351 Å². The Balaban J connectivity index is 1.23. The molecule has 4 aromatic rings. The normalized spacial score (nSPS) is 28.3. The van der Waals surface area contributed by atoms with Gasteiger partial charge in [0.15, 0.2) is 12.6 Å². The van der Waals surface area contributed by atoms with Gasteiger partial charge >= 0.3 is 8.56 Å². The highest BCUT2D eigenvalue weighted by Crippen LogP contribution is 2.55. The van der Waals surface area contributed by atoms with E-state index in [0.717, 1.165) is 22.3 Å². The minimum atomic E-state index is -2.92. The van der Waals surface area contributed by atoms with Gasteiger partial charge in [-0.1, -0.05) is 163 Å². The number of hydrogen-bond donors (Lipinski definition) is 0. The molecule has 10 nitrogen and oxygen atoms in total. The summed E-state index contributed by atoms with van der Waals surface area (Å²) in [4.78, 5) is 0. The van der Waals surface area contributed by atoms with Gasteiger partial charge in [0.05, 0.1) is 39.6 Å². The van der Waals surface area contributed by atoms with Crippen molar-refractivity contribution in [2.45, 2.75) is 133 Å². The molecule has 3 saturated heterocycles. The Morgan fingerprint density at radius 1 is 0.542 bits per heavy atom. The SMILES string of the molecule is CO[C@H]1O[C@H](COCc2ccccc2)[C@@H](O[C@H]2O[C@@H]3CO[Si](C(C)(C)C)(C(C)(C)C)O[C@H]3[C@@H]2OCc2ccccc2)[C@H](OCc2ccccc2)[C@H]1OCc1ccccc1. The molecule has 11 heteroatoms. The largest absolute Gasteiger partial charge is 0.391 e. The Morgan fingerprint density at radius 3 is 1.47 bits per heavy atom. The van der Waals surface area contributed by atoms with Crippen molar-refractivity contribution in [2.24, 2.45) is 0 Å². The van der Waals surface area contributed by atoms with Crippen molar-refractivity contribution in [3.05, 3.63) is 144 Å². The van der Waals surface area contributed by atoms with Gasteiger partial charge in [-0.25, -0.2) is 0 Å². The molecule has 0 aromatic heterocycles. The van der Waals surface area contributed by atoms with E-state index in [1.165, 1.54) is 0 Å². The number of benzene rings is 4. The summed E-state index contributed by atoms with van der Waals surface area (Å²) in [5.74, 6) is 0. The molecule has 7 rings (SSSR count). The molecule has 0 saturated carbocycles. The second kappa shape index (κ2) is 19.6. The lowest BCUT2D eigenvalue weighted by molar-refractivity contribution is -0.343. The van der Waals surface area contributed by atoms with Gasteiger partial charge in [0.2, 0.25) is 0 Å². The third kappa shape index (κ3) is 10.4. The summed E-state index contributed by atoms with van der Waals surface area (Å²) < 4.78 is 68.0. The van der Waals surface area contributed by atoms with E-state index >= 15 is 0 Å². The maximum absolute atomic E-state index is 7.32. The summed E-state index contributed by atoms with van der Waals surface area (Å²) in [6, 6.07) is 40.3. The maximum atomic E-state index is 7.32. The maximum Gasteiger partial charge on any atom is 0.349 e. The Bertz CT molecular complexity index is 1820. The number of fused-ring (bicyclic) bond motifs is 1. The van der Waals surface area contributed by atoms with Crippen LogP contribution in [-0.4, -0.2) is 84.2 Å². The summed E-state index contributed by atoms with van der Waals surface area (Å²) in [6.45, 7) is 15.2. The van der Waals surface area contributed by atoms with Crippen LogP contribution >= 0.6 is 0 Å². The van der Waals surface area contributed by atoms with Gasteiger partial charge in [-0.3, -0.25) is 0 Å². The van der Waals surface area contributed by atoms with Gasteiger partial charge in [-0.15, -0.1) is 0 Å². The van der Waals surface area contributed by atoms with Crippen molar-refractivity contribution in [1.29, 1.82) is 0 Å². The summed E-state index contributed by atoms with van der Waals surface area (Å²) in [6.07, 6.45) is -5.89. The molecule has 3 heterocycles. The first-order valence-electron chi connectivity index (χ1n) is 20.8. The second-order valence-electron chi connectivity index (χ2n) is 17.7. The molecule has 0 unspecified atom stereocenters. The van der Waals surface area contributed by atoms with Crippen LogP contribution in [-0.2, 0) is 73.2 Å². The predicted octanol–water partition coefficient (Wildman–Crippen LogP) is 8.90. The van der Waals surface area contributed by atoms with Gasteiger partial charge in [0.1, 0.15) is 42.7 Å². The third-order valence-corrected chi connectivity index (χ3v) is 16.5. The van der Waals surface area contributed by atoms with E-state index in [1.807, 2.05) is 109 Å². The summed E-state index contributed by atoms with van der Waals surface area (Å²) in [7, 11) is -1.30. The van der Waals surface area contributed by atoms with Crippen molar-refractivity contribution in [1.82, 2.24) is 0 Å². The lowest BCUT2D eigenvalue weighted by Gasteiger charge is -2.53. The molecule has 318 valence electrons. The van der Waals surface area contributed by atoms with Gasteiger partial charge < -0.3 is 46.7 Å². The molecule has 4 aromatic carbocycles. The zero-order valence-corrected chi connectivity index (χ0v) is 36.6. The Hall–Kier alpha value is -3.30. The molecule has 0 amide bonds. The molecule has 3 aliphatic rings. The second-order valence-corrected chi connectivity index (χ2v) is 22.5. The predicted molar refractivity (Wildman–Crippen MR) is 226 cm³/mol. The van der Waals surface area contributed by atoms with E-state index in [9.17, 15) is 0 Å². The molecule has 3 fully saturated rings. The van der Waals surface area contributed by atoms with Crippen LogP contribution in [0.2, 0.25) is 10.1 Å². The zero-order valence-electron chi connectivity index (χ0n) is 35.6. The quantitative estimate of drug-likeness (QED) is 0.102. The fourth-order valence-electron chi connectivity index (χ4n) is 8.64. The van der Waals surface area contributed by atoms with Crippen molar-refractivity contribution < 1.29 is 46.7 Å². The first kappa shape index (κ1) is 43.8. The zero-order chi connectivity index (χ0) is 41.5. The summed E-state index contributed by atoms with van der Waals surface area (Å²) >= 11 is 0. The average Bonchev–Trinajstić information content (AvgIpc) is 3.58. The standard InChI is InChI=1S/C48H62O10Si/c1-47(2,3)59(48(4,5)6)54-33-39-41(58-59)43(52-30-36-24-16-10-17-25-36)46(56-39)57-40-38(32-50-28-34-20-12-8-13-21-34)55-45(49-7)44(53-31-37-26-18-11-19-27-37)42(40)51-29-35-22-14-9-15-23-35/h8-27,38-46H,28-33H2,1-7H3/t38-,39-,40-,41-,42+,43+,44-,45+,46-/m1/s1. The molecular formula is C48H62O10Si. The fraction of sp³-hybridized carbons (Fsp3) is 0.500. The van der Waals surface area contributed by atoms with E-state index in [0.29, 0.717) is 33.0 Å². The molecule has 3 aliphatic heterocycles. The highest BCUT2D eigenvalue weighted by molar-refractivity contribution is 6.73. The monoisotopic (exact) mass is 826 g/mol. The molecule has 0 radical (unpaired) electrons. The van der Waals surface area contributed by atoms with Crippen molar-refractivity contribution in [3.8, 4) is 0 Å². The van der Waals surface area contributed by atoms with Crippen molar-refractivity contribution in [3.63, 3.8) is 0 Å². The molecular weight excluding hydrogens is 765 g/mol. The number of rotatable bonds is 16. The molecule has 59 heavy (non-hydrogen) atoms. The lowest BCUT2D eigenvalue weighted by atomic mass is 9.97. The Morgan fingerprint density at radius 2 is 1.00 bits per heavy atom. The number of ether oxygens (including phenoxy) is 8. The minimum Gasteiger partial charge on any atom is -0.391 e. The third-order valence-electron chi connectivity index (χ3n) is 11.4. The molecule has 0 N–H and O–H groups in total.